The van der Waals surface area contributed by atoms with E-state index in [2.05, 4.69) is 4.98 Å². The number of hydrogen-bond acceptors (Lipinski definition) is 4. The summed E-state index contributed by atoms with van der Waals surface area (Å²) in [5.41, 5.74) is -0.477. The quantitative estimate of drug-likeness (QED) is 0.639. The first-order valence-electron chi connectivity index (χ1n) is 9.94. The minimum absolute atomic E-state index is 0.0212. The minimum atomic E-state index is -4.48. The largest absolute Gasteiger partial charge is 0.487 e. The van der Waals surface area contributed by atoms with E-state index >= 15 is 0 Å². The highest BCUT2D eigenvalue weighted by molar-refractivity contribution is 5.95. The lowest BCUT2D eigenvalue weighted by atomic mass is 9.73. The van der Waals surface area contributed by atoms with Gasteiger partial charge < -0.3 is 14.5 Å². The monoisotopic (exact) mass is 436 g/mol. The molecule has 2 aromatic rings. The van der Waals surface area contributed by atoms with E-state index in [-0.39, 0.29) is 29.6 Å². The minimum Gasteiger partial charge on any atom is -0.487 e. The van der Waals surface area contributed by atoms with Crippen LogP contribution in [0.15, 0.2) is 36.5 Å². The van der Waals surface area contributed by atoms with Gasteiger partial charge >= 0.3 is 12.2 Å². The highest BCUT2D eigenvalue weighted by atomic mass is 19.4. The van der Waals surface area contributed by atoms with E-state index < -0.39 is 17.8 Å². The highest BCUT2D eigenvalue weighted by Gasteiger charge is 2.54. The van der Waals surface area contributed by atoms with Crippen LogP contribution in [-0.2, 0) is 6.18 Å². The molecule has 3 aliphatic heterocycles. The van der Waals surface area contributed by atoms with Crippen LogP contribution in [0.4, 0.5) is 33.9 Å². The third-order valence-electron chi connectivity index (χ3n) is 5.99. The normalized spacial score (nSPS) is 21.8. The molecule has 2 saturated heterocycles. The first-order chi connectivity index (χ1) is 14.6. The van der Waals surface area contributed by atoms with Crippen molar-refractivity contribution in [2.75, 3.05) is 42.5 Å². The molecule has 0 radical (unpaired) electrons. The van der Waals surface area contributed by atoms with Gasteiger partial charge in [0.25, 0.3) is 0 Å². The van der Waals surface area contributed by atoms with E-state index in [1.165, 1.54) is 23.2 Å². The zero-order valence-electron chi connectivity index (χ0n) is 16.7. The maximum atomic E-state index is 13.1. The van der Waals surface area contributed by atoms with Gasteiger partial charge in [0.2, 0.25) is 0 Å². The van der Waals surface area contributed by atoms with Gasteiger partial charge in [-0.25, -0.2) is 14.2 Å². The smallest absolute Gasteiger partial charge is 0.416 e. The number of pyridine rings is 1. The number of anilines is 2. The topological polar surface area (TPSA) is 48.9 Å². The molecule has 1 spiro atoms. The Labute approximate surface area is 176 Å². The number of carbonyl (C=O) groups excluding carboxylic acids is 1. The number of benzene rings is 1. The lowest BCUT2D eigenvalue weighted by Crippen LogP contribution is -2.74. The van der Waals surface area contributed by atoms with Gasteiger partial charge in [-0.3, -0.25) is 4.90 Å². The number of urea groups is 1. The van der Waals surface area contributed by atoms with Crippen molar-refractivity contribution in [2.45, 2.75) is 19.2 Å². The summed E-state index contributed by atoms with van der Waals surface area (Å²) < 4.78 is 57.7. The molecular formula is C21H20F4N4O2. The number of amides is 2. The predicted molar refractivity (Wildman–Crippen MR) is 105 cm³/mol. The van der Waals surface area contributed by atoms with Crippen molar-refractivity contribution in [3.63, 3.8) is 0 Å². The van der Waals surface area contributed by atoms with Gasteiger partial charge in [0.05, 0.1) is 24.0 Å². The summed E-state index contributed by atoms with van der Waals surface area (Å²) in [5.74, 6) is 0.379. The molecule has 1 aromatic heterocycles. The van der Waals surface area contributed by atoms with E-state index in [0.29, 0.717) is 24.6 Å². The van der Waals surface area contributed by atoms with Crippen molar-refractivity contribution >= 4 is 17.5 Å². The molecule has 10 heteroatoms. The second kappa shape index (κ2) is 6.73. The lowest BCUT2D eigenvalue weighted by molar-refractivity contribution is -0.137. The average Bonchev–Trinajstić information content (AvgIpc) is 2.65. The van der Waals surface area contributed by atoms with Crippen molar-refractivity contribution in [3.8, 4) is 5.75 Å². The van der Waals surface area contributed by atoms with Gasteiger partial charge in [0, 0.05) is 31.6 Å². The Bertz CT molecular complexity index is 1010. The maximum Gasteiger partial charge on any atom is 0.416 e. The molecule has 2 fully saturated rings. The van der Waals surface area contributed by atoms with Gasteiger partial charge in [0.15, 0.2) is 0 Å². The van der Waals surface area contributed by atoms with Crippen molar-refractivity contribution < 1.29 is 27.1 Å². The van der Waals surface area contributed by atoms with Crippen molar-refractivity contribution in [1.29, 1.82) is 0 Å². The van der Waals surface area contributed by atoms with E-state index in [4.69, 9.17) is 4.74 Å². The van der Waals surface area contributed by atoms with Crippen LogP contribution in [0.3, 0.4) is 0 Å². The van der Waals surface area contributed by atoms with Crippen molar-refractivity contribution in [1.82, 2.24) is 9.88 Å². The summed E-state index contributed by atoms with van der Waals surface area (Å²) in [7, 11) is 0. The number of halogens is 4. The number of likely N-dealkylation sites (tertiary alicyclic amines) is 1. The second-order valence-electron chi connectivity index (χ2n) is 8.55. The molecular weight excluding hydrogens is 416 g/mol. The molecule has 4 heterocycles. The predicted octanol–water partition coefficient (Wildman–Crippen LogP) is 3.77. The van der Waals surface area contributed by atoms with Gasteiger partial charge in [-0.1, -0.05) is 0 Å². The molecule has 6 nitrogen and oxygen atoms in total. The van der Waals surface area contributed by atoms with E-state index in [9.17, 15) is 22.4 Å². The average molecular weight is 436 g/mol. The fourth-order valence-electron chi connectivity index (χ4n) is 4.55. The number of fused-ring (bicyclic) bond motifs is 1. The Morgan fingerprint density at radius 2 is 1.90 bits per heavy atom. The van der Waals surface area contributed by atoms with E-state index in [1.54, 1.807) is 17.9 Å². The number of ether oxygens (including phenoxy) is 1. The van der Waals surface area contributed by atoms with Crippen molar-refractivity contribution in [3.05, 3.63) is 47.9 Å². The Balaban J connectivity index is 1.26. The molecule has 0 bridgehead atoms. The van der Waals surface area contributed by atoms with Crippen molar-refractivity contribution in [2.24, 2.45) is 5.41 Å². The molecule has 0 N–H and O–H groups in total. The molecule has 31 heavy (non-hydrogen) atoms. The second-order valence-corrected chi connectivity index (χ2v) is 8.55. The van der Waals surface area contributed by atoms with Gasteiger partial charge in [-0.05, 0) is 37.3 Å². The number of alkyl halides is 3. The van der Waals surface area contributed by atoms with Crippen LogP contribution in [0.5, 0.6) is 5.75 Å². The van der Waals surface area contributed by atoms with Crippen LogP contribution in [0, 0.1) is 11.2 Å². The SMILES string of the molecule is CC1CN(C(=O)N2CC3(C2)CN(c2ccc(F)cn2)C3)c2ccc(C(F)(F)F)cc2O1. The van der Waals surface area contributed by atoms with Gasteiger partial charge in [-0.2, -0.15) is 13.2 Å². The van der Waals surface area contributed by atoms with Crippen LogP contribution in [0.1, 0.15) is 12.5 Å². The first-order valence-corrected chi connectivity index (χ1v) is 9.94. The van der Waals surface area contributed by atoms with Crippen LogP contribution < -0.4 is 14.5 Å². The van der Waals surface area contributed by atoms with Gasteiger partial charge in [-0.15, -0.1) is 0 Å². The molecule has 1 aromatic carbocycles. The molecule has 5 rings (SSSR count). The van der Waals surface area contributed by atoms with E-state index in [0.717, 1.165) is 25.2 Å². The Morgan fingerprint density at radius 3 is 2.55 bits per heavy atom. The zero-order chi connectivity index (χ0) is 22.0. The number of rotatable bonds is 1. The Morgan fingerprint density at radius 1 is 1.16 bits per heavy atom. The number of hydrogen-bond donors (Lipinski definition) is 0. The fourth-order valence-corrected chi connectivity index (χ4v) is 4.55. The summed E-state index contributed by atoms with van der Waals surface area (Å²) in [6.45, 7) is 4.56. The Hall–Kier alpha value is -3.04. The summed E-state index contributed by atoms with van der Waals surface area (Å²) in [4.78, 5) is 22.4. The Kier molecular flexibility index (Phi) is 4.32. The van der Waals surface area contributed by atoms with Crippen LogP contribution in [-0.4, -0.2) is 54.7 Å². The molecule has 164 valence electrons. The summed E-state index contributed by atoms with van der Waals surface area (Å²) in [6.07, 6.45) is -3.72. The lowest BCUT2D eigenvalue weighted by Gasteiger charge is -2.60. The number of nitrogens with zero attached hydrogens (tertiary/aromatic N) is 4. The summed E-state index contributed by atoms with van der Waals surface area (Å²) >= 11 is 0. The standard InChI is InChI=1S/C21H20F4N4O2/c1-13-8-29(16-4-2-14(21(23,24)25)6-17(16)31-13)19(30)28-11-20(12-28)9-27(10-20)18-5-3-15(22)7-26-18/h2-7,13H,8-12H2,1H3. The first kappa shape index (κ1) is 19.9. The van der Waals surface area contributed by atoms with Crippen LogP contribution >= 0.6 is 0 Å². The summed E-state index contributed by atoms with van der Waals surface area (Å²) in [6, 6.07) is 5.97. The molecule has 1 unspecified atom stereocenters. The highest BCUT2D eigenvalue weighted by Crippen LogP contribution is 2.44. The molecule has 1 atom stereocenters. The van der Waals surface area contributed by atoms with Gasteiger partial charge in [0.1, 0.15) is 23.5 Å². The molecule has 0 saturated carbocycles. The molecule has 0 aliphatic carbocycles. The third-order valence-corrected chi connectivity index (χ3v) is 5.99. The summed E-state index contributed by atoms with van der Waals surface area (Å²) in [5, 5.41) is 0. The molecule has 3 aliphatic rings. The van der Waals surface area contributed by atoms with E-state index in [1.807, 2.05) is 4.90 Å². The number of carbonyl (C=O) groups is 1. The third kappa shape index (κ3) is 3.43. The number of aromatic nitrogens is 1. The molecule has 2 amide bonds. The maximum absolute atomic E-state index is 13.1. The van der Waals surface area contributed by atoms with Crippen LogP contribution in [0.25, 0.3) is 0 Å². The fraction of sp³-hybridized carbons (Fsp3) is 0.429. The van der Waals surface area contributed by atoms with Crippen LogP contribution in [0.2, 0.25) is 0 Å². The zero-order valence-corrected chi connectivity index (χ0v) is 16.7.